The molecule has 2 rings (SSSR count). The monoisotopic (exact) mass is 222 g/mol. The van der Waals surface area contributed by atoms with Crippen LogP contribution in [0, 0.1) is 6.92 Å². The van der Waals surface area contributed by atoms with Gasteiger partial charge in [-0.3, -0.25) is 4.79 Å². The van der Waals surface area contributed by atoms with Gasteiger partial charge >= 0.3 is 0 Å². The van der Waals surface area contributed by atoms with Gasteiger partial charge in [-0.25, -0.2) is 0 Å². The zero-order chi connectivity index (χ0) is 10.8. The van der Waals surface area contributed by atoms with Gasteiger partial charge in [-0.1, -0.05) is 17.7 Å². The van der Waals surface area contributed by atoms with E-state index < -0.39 is 0 Å². The topological polar surface area (TPSA) is 26.3 Å². The second-order valence-corrected chi connectivity index (χ2v) is 4.04. The van der Waals surface area contributed by atoms with Crippen LogP contribution in [-0.4, -0.2) is 5.78 Å². The summed E-state index contributed by atoms with van der Waals surface area (Å²) in [7, 11) is 0. The lowest BCUT2D eigenvalue weighted by Crippen LogP contribution is -2.12. The first-order chi connectivity index (χ1) is 7.16. The Labute approximate surface area is 93.5 Å². The van der Waals surface area contributed by atoms with Crippen molar-refractivity contribution in [1.82, 2.24) is 0 Å². The van der Waals surface area contributed by atoms with Crippen LogP contribution < -0.4 is 0 Å². The maximum atomic E-state index is 11.2. The molecular formula is C12H11ClO2. The lowest BCUT2D eigenvalue weighted by Gasteiger charge is -2.20. The fourth-order valence-corrected chi connectivity index (χ4v) is 1.92. The van der Waals surface area contributed by atoms with Crippen LogP contribution >= 0.6 is 11.6 Å². The summed E-state index contributed by atoms with van der Waals surface area (Å²) in [5.74, 6) is 0.0978. The molecule has 1 aromatic carbocycles. The Balaban J connectivity index is 2.30. The van der Waals surface area contributed by atoms with Crippen molar-refractivity contribution in [1.29, 1.82) is 0 Å². The molecule has 1 aliphatic rings. The van der Waals surface area contributed by atoms with Crippen LogP contribution in [0.15, 0.2) is 30.5 Å². The average Bonchev–Trinajstić information content (AvgIpc) is 2.17. The number of allylic oxidation sites excluding steroid dienone is 1. The Hall–Kier alpha value is -1.28. The predicted octanol–water partition coefficient (Wildman–Crippen LogP) is 3.19. The Morgan fingerprint density at radius 2 is 2.27 bits per heavy atom. The predicted molar refractivity (Wildman–Crippen MR) is 58.8 cm³/mol. The molecule has 1 heterocycles. The molecular weight excluding hydrogens is 212 g/mol. The Morgan fingerprint density at radius 3 is 2.93 bits per heavy atom. The highest BCUT2D eigenvalue weighted by molar-refractivity contribution is 6.30. The highest BCUT2D eigenvalue weighted by Crippen LogP contribution is 2.29. The van der Waals surface area contributed by atoms with Crippen molar-refractivity contribution >= 4 is 17.4 Å². The number of carbonyl (C=O) groups excluding carboxylic acids is 1. The summed E-state index contributed by atoms with van der Waals surface area (Å²) in [6.07, 6.45) is 3.16. The number of aryl methyl sites for hydroxylation is 1. The summed E-state index contributed by atoms with van der Waals surface area (Å²) in [5, 5.41) is 0.703. The van der Waals surface area contributed by atoms with Crippen LogP contribution in [0.1, 0.15) is 23.7 Å². The number of carbonyl (C=O) groups is 1. The van der Waals surface area contributed by atoms with Crippen molar-refractivity contribution in [3.8, 4) is 0 Å². The maximum Gasteiger partial charge on any atom is 0.162 e. The molecule has 0 bridgehead atoms. The van der Waals surface area contributed by atoms with Gasteiger partial charge in [0.15, 0.2) is 5.78 Å². The Morgan fingerprint density at radius 1 is 1.47 bits per heavy atom. The van der Waals surface area contributed by atoms with E-state index in [1.54, 1.807) is 0 Å². The van der Waals surface area contributed by atoms with Gasteiger partial charge in [0.1, 0.15) is 6.10 Å². The van der Waals surface area contributed by atoms with Gasteiger partial charge < -0.3 is 4.74 Å². The van der Waals surface area contributed by atoms with E-state index in [2.05, 4.69) is 0 Å². The molecule has 1 unspecified atom stereocenters. The molecule has 1 aromatic rings. The van der Waals surface area contributed by atoms with Crippen molar-refractivity contribution in [3.63, 3.8) is 0 Å². The highest BCUT2D eigenvalue weighted by Gasteiger charge is 2.20. The van der Waals surface area contributed by atoms with E-state index in [0.29, 0.717) is 11.4 Å². The third kappa shape index (κ3) is 2.21. The van der Waals surface area contributed by atoms with E-state index in [9.17, 15) is 4.79 Å². The van der Waals surface area contributed by atoms with Crippen molar-refractivity contribution in [2.75, 3.05) is 0 Å². The second kappa shape index (κ2) is 4.07. The maximum absolute atomic E-state index is 11.2. The minimum Gasteiger partial charge on any atom is -0.493 e. The number of hydrogen-bond acceptors (Lipinski definition) is 2. The number of halogens is 1. The van der Waals surface area contributed by atoms with Crippen molar-refractivity contribution < 1.29 is 9.53 Å². The Kier molecular flexibility index (Phi) is 2.78. The zero-order valence-corrected chi connectivity index (χ0v) is 9.12. The first-order valence-electron chi connectivity index (χ1n) is 4.78. The molecule has 78 valence electrons. The fourth-order valence-electron chi connectivity index (χ4n) is 1.69. The summed E-state index contributed by atoms with van der Waals surface area (Å²) < 4.78 is 5.41. The van der Waals surface area contributed by atoms with E-state index in [1.807, 2.05) is 25.1 Å². The second-order valence-electron chi connectivity index (χ2n) is 3.60. The van der Waals surface area contributed by atoms with Gasteiger partial charge in [-0.15, -0.1) is 0 Å². The normalized spacial score (nSPS) is 20.1. The number of hydrogen-bond donors (Lipinski definition) is 0. The largest absolute Gasteiger partial charge is 0.493 e. The minimum absolute atomic E-state index is 0.0978. The number of benzene rings is 1. The van der Waals surface area contributed by atoms with Gasteiger partial charge in [0, 0.05) is 11.1 Å². The van der Waals surface area contributed by atoms with Crippen molar-refractivity contribution in [2.24, 2.45) is 0 Å². The van der Waals surface area contributed by atoms with Crippen molar-refractivity contribution in [2.45, 2.75) is 19.4 Å². The molecule has 0 saturated heterocycles. The summed E-state index contributed by atoms with van der Waals surface area (Å²) in [4.78, 5) is 11.2. The lowest BCUT2D eigenvalue weighted by molar-refractivity contribution is -0.118. The Bertz CT molecular complexity index is 424. The van der Waals surface area contributed by atoms with Gasteiger partial charge in [0.25, 0.3) is 0 Å². The molecule has 0 amide bonds. The van der Waals surface area contributed by atoms with Gasteiger partial charge in [-0.05, 0) is 30.2 Å². The SMILES string of the molecule is Cc1cc(Cl)ccc1C1CC(=O)C=CO1. The summed E-state index contributed by atoms with van der Waals surface area (Å²) >= 11 is 5.86. The van der Waals surface area contributed by atoms with Crippen LogP contribution in [0.4, 0.5) is 0 Å². The average molecular weight is 223 g/mol. The molecule has 0 saturated carbocycles. The van der Waals surface area contributed by atoms with Gasteiger partial charge in [0.2, 0.25) is 0 Å². The first-order valence-corrected chi connectivity index (χ1v) is 5.15. The van der Waals surface area contributed by atoms with E-state index in [1.165, 1.54) is 12.3 Å². The van der Waals surface area contributed by atoms with Gasteiger partial charge in [-0.2, -0.15) is 0 Å². The van der Waals surface area contributed by atoms with Crippen LogP contribution in [0.5, 0.6) is 0 Å². The van der Waals surface area contributed by atoms with E-state index in [0.717, 1.165) is 11.1 Å². The number of ether oxygens (including phenoxy) is 1. The zero-order valence-electron chi connectivity index (χ0n) is 8.37. The van der Waals surface area contributed by atoms with E-state index in [4.69, 9.17) is 16.3 Å². The third-order valence-electron chi connectivity index (χ3n) is 2.46. The molecule has 0 spiro atoms. The standard InChI is InChI=1S/C12H11ClO2/c1-8-6-9(13)2-3-11(8)12-7-10(14)4-5-15-12/h2-6,12H,7H2,1H3. The van der Waals surface area contributed by atoms with Gasteiger partial charge in [0.05, 0.1) is 12.7 Å². The molecule has 1 aliphatic heterocycles. The van der Waals surface area contributed by atoms with Crippen LogP contribution in [0.3, 0.4) is 0 Å². The van der Waals surface area contributed by atoms with E-state index >= 15 is 0 Å². The summed E-state index contributed by atoms with van der Waals surface area (Å²) in [6.45, 7) is 1.97. The van der Waals surface area contributed by atoms with E-state index in [-0.39, 0.29) is 11.9 Å². The van der Waals surface area contributed by atoms with Crippen LogP contribution in [-0.2, 0) is 9.53 Å². The quantitative estimate of drug-likeness (QED) is 0.730. The smallest absolute Gasteiger partial charge is 0.162 e. The summed E-state index contributed by atoms with van der Waals surface area (Å²) in [6, 6.07) is 5.61. The summed E-state index contributed by atoms with van der Waals surface area (Å²) in [5.41, 5.74) is 2.08. The molecule has 0 aromatic heterocycles. The number of ketones is 1. The lowest BCUT2D eigenvalue weighted by atomic mass is 9.98. The van der Waals surface area contributed by atoms with Crippen LogP contribution in [0.2, 0.25) is 5.02 Å². The molecule has 15 heavy (non-hydrogen) atoms. The molecule has 0 fully saturated rings. The fraction of sp³-hybridized carbons (Fsp3) is 0.250. The highest BCUT2D eigenvalue weighted by atomic mass is 35.5. The molecule has 2 nitrogen and oxygen atoms in total. The molecule has 0 N–H and O–H groups in total. The minimum atomic E-state index is -0.167. The molecule has 1 atom stereocenters. The number of rotatable bonds is 1. The molecule has 0 radical (unpaired) electrons. The molecule has 3 heteroatoms. The van der Waals surface area contributed by atoms with Crippen LogP contribution in [0.25, 0.3) is 0 Å². The molecule has 0 aliphatic carbocycles. The first kappa shape index (κ1) is 10.2. The third-order valence-corrected chi connectivity index (χ3v) is 2.70. The van der Waals surface area contributed by atoms with Crippen molar-refractivity contribution in [3.05, 3.63) is 46.7 Å².